The van der Waals surface area contributed by atoms with Crippen molar-refractivity contribution in [2.24, 2.45) is 0 Å². The van der Waals surface area contributed by atoms with Crippen LogP contribution < -0.4 is 0 Å². The van der Waals surface area contributed by atoms with E-state index in [0.29, 0.717) is 0 Å². The molecule has 0 N–H and O–H groups in total. The Bertz CT molecular complexity index is 653. The number of fused-ring (bicyclic) bond motifs is 1. The minimum Gasteiger partial charge on any atom is -0.260 e. The van der Waals surface area contributed by atoms with Gasteiger partial charge in [-0.2, -0.15) is 5.10 Å². The SMILES string of the molecule is [CH2][CH]c1ccc2cnn(Cc3ccccc3)c2c1. The van der Waals surface area contributed by atoms with Crippen LogP contribution in [-0.2, 0) is 6.54 Å². The molecular formula is C16H14N2. The summed E-state index contributed by atoms with van der Waals surface area (Å²) in [7, 11) is 0. The predicted molar refractivity (Wildman–Crippen MR) is 74.0 cm³/mol. The molecule has 0 aliphatic carbocycles. The Hall–Kier alpha value is -2.09. The zero-order valence-electron chi connectivity index (χ0n) is 10.1. The molecule has 0 unspecified atom stereocenters. The van der Waals surface area contributed by atoms with E-state index in [4.69, 9.17) is 0 Å². The lowest BCUT2D eigenvalue weighted by atomic mass is 10.1. The maximum absolute atomic E-state index is 4.45. The van der Waals surface area contributed by atoms with Crippen molar-refractivity contribution in [1.82, 2.24) is 9.78 Å². The normalized spacial score (nSPS) is 10.9. The molecule has 3 aromatic rings. The lowest BCUT2D eigenvalue weighted by Gasteiger charge is -2.04. The van der Waals surface area contributed by atoms with Crippen LogP contribution in [0.4, 0.5) is 0 Å². The van der Waals surface area contributed by atoms with Crippen LogP contribution in [0.3, 0.4) is 0 Å². The fourth-order valence-corrected chi connectivity index (χ4v) is 2.10. The van der Waals surface area contributed by atoms with Gasteiger partial charge >= 0.3 is 0 Å². The highest BCUT2D eigenvalue weighted by Crippen LogP contribution is 2.17. The van der Waals surface area contributed by atoms with Crippen LogP contribution in [0.25, 0.3) is 10.9 Å². The lowest BCUT2D eigenvalue weighted by Crippen LogP contribution is -2.01. The van der Waals surface area contributed by atoms with Gasteiger partial charge in [-0.3, -0.25) is 4.68 Å². The average molecular weight is 234 g/mol. The molecule has 3 rings (SSSR count). The van der Waals surface area contributed by atoms with Gasteiger partial charge in [0, 0.05) is 5.39 Å². The first-order chi connectivity index (χ1) is 8.86. The molecule has 0 aliphatic rings. The van der Waals surface area contributed by atoms with Crippen LogP contribution in [0.2, 0.25) is 0 Å². The summed E-state index contributed by atoms with van der Waals surface area (Å²) in [5.41, 5.74) is 3.53. The standard InChI is InChI=1S/C16H14N2/c1-2-13-8-9-15-11-17-18(16(15)10-13)12-14-6-4-3-5-7-14/h2-11H,1,12H2. The van der Waals surface area contributed by atoms with Gasteiger partial charge in [0.2, 0.25) is 0 Å². The van der Waals surface area contributed by atoms with E-state index in [1.54, 1.807) is 0 Å². The zero-order chi connectivity index (χ0) is 12.4. The fourth-order valence-electron chi connectivity index (χ4n) is 2.10. The van der Waals surface area contributed by atoms with E-state index in [-0.39, 0.29) is 0 Å². The number of hydrogen-bond acceptors (Lipinski definition) is 1. The largest absolute Gasteiger partial charge is 0.260 e. The molecule has 0 spiro atoms. The van der Waals surface area contributed by atoms with Crippen LogP contribution >= 0.6 is 0 Å². The third kappa shape index (κ3) is 2.02. The van der Waals surface area contributed by atoms with Crippen LogP contribution in [0, 0.1) is 13.3 Å². The van der Waals surface area contributed by atoms with Gasteiger partial charge in [-0.05, 0) is 30.5 Å². The molecule has 2 aromatic carbocycles. The van der Waals surface area contributed by atoms with Crippen molar-refractivity contribution in [3.05, 3.63) is 79.2 Å². The Morgan fingerprint density at radius 2 is 1.94 bits per heavy atom. The molecule has 0 aliphatic heterocycles. The second kappa shape index (κ2) is 4.65. The molecule has 2 heteroatoms. The summed E-state index contributed by atoms with van der Waals surface area (Å²) in [6.45, 7) is 4.60. The van der Waals surface area contributed by atoms with Crippen molar-refractivity contribution >= 4 is 10.9 Å². The maximum Gasteiger partial charge on any atom is 0.0689 e. The second-order valence-electron chi connectivity index (χ2n) is 4.31. The molecule has 0 atom stereocenters. The van der Waals surface area contributed by atoms with E-state index in [1.807, 2.05) is 23.4 Å². The maximum atomic E-state index is 4.45. The van der Waals surface area contributed by atoms with Crippen molar-refractivity contribution in [2.75, 3.05) is 0 Å². The van der Waals surface area contributed by atoms with Gasteiger partial charge in [0.05, 0.1) is 18.3 Å². The Morgan fingerprint density at radius 3 is 2.72 bits per heavy atom. The minimum absolute atomic E-state index is 0.797. The third-order valence-corrected chi connectivity index (χ3v) is 3.08. The summed E-state index contributed by atoms with van der Waals surface area (Å²) < 4.78 is 2.03. The van der Waals surface area contributed by atoms with Gasteiger partial charge in [-0.15, -0.1) is 0 Å². The van der Waals surface area contributed by atoms with Crippen molar-refractivity contribution < 1.29 is 0 Å². The average Bonchev–Trinajstić information content (AvgIpc) is 2.82. The van der Waals surface area contributed by atoms with Gasteiger partial charge < -0.3 is 0 Å². The summed E-state index contributed by atoms with van der Waals surface area (Å²) >= 11 is 0. The quantitative estimate of drug-likeness (QED) is 0.678. The van der Waals surface area contributed by atoms with E-state index < -0.39 is 0 Å². The Kier molecular flexibility index (Phi) is 2.85. The van der Waals surface area contributed by atoms with Gasteiger partial charge in [-0.25, -0.2) is 0 Å². The lowest BCUT2D eigenvalue weighted by molar-refractivity contribution is 0.712. The molecule has 0 saturated carbocycles. The molecule has 0 amide bonds. The summed E-state index contributed by atoms with van der Waals surface area (Å²) in [4.78, 5) is 0. The minimum atomic E-state index is 0.797. The molecule has 2 radical (unpaired) electrons. The van der Waals surface area contributed by atoms with Crippen LogP contribution in [0.15, 0.2) is 54.7 Å². The Labute approximate surface area is 107 Å². The van der Waals surface area contributed by atoms with Crippen LogP contribution in [-0.4, -0.2) is 9.78 Å². The van der Waals surface area contributed by atoms with Crippen LogP contribution in [0.1, 0.15) is 11.1 Å². The Morgan fingerprint density at radius 1 is 1.11 bits per heavy atom. The van der Waals surface area contributed by atoms with Crippen molar-refractivity contribution in [1.29, 1.82) is 0 Å². The van der Waals surface area contributed by atoms with E-state index in [1.165, 1.54) is 5.56 Å². The number of benzene rings is 2. The number of nitrogens with zero attached hydrogens (tertiary/aromatic N) is 2. The van der Waals surface area contributed by atoms with Gasteiger partial charge in [0.1, 0.15) is 0 Å². The van der Waals surface area contributed by atoms with Crippen LogP contribution in [0.5, 0.6) is 0 Å². The first-order valence-corrected chi connectivity index (χ1v) is 5.99. The molecule has 2 nitrogen and oxygen atoms in total. The van der Waals surface area contributed by atoms with E-state index in [2.05, 4.69) is 54.5 Å². The molecule has 1 heterocycles. The third-order valence-electron chi connectivity index (χ3n) is 3.08. The fraction of sp³-hybridized carbons (Fsp3) is 0.0625. The zero-order valence-corrected chi connectivity index (χ0v) is 10.1. The molecule has 0 fully saturated rings. The highest BCUT2D eigenvalue weighted by atomic mass is 15.3. The number of aromatic nitrogens is 2. The summed E-state index contributed by atoms with van der Waals surface area (Å²) in [6, 6.07) is 16.6. The monoisotopic (exact) mass is 234 g/mol. The number of rotatable bonds is 3. The first kappa shape index (κ1) is 11.0. The summed E-state index contributed by atoms with van der Waals surface area (Å²) in [5, 5.41) is 5.61. The molecular weight excluding hydrogens is 220 g/mol. The van der Waals surface area contributed by atoms with E-state index >= 15 is 0 Å². The molecule has 0 saturated heterocycles. The van der Waals surface area contributed by atoms with Gasteiger partial charge in [-0.1, -0.05) is 42.5 Å². The second-order valence-corrected chi connectivity index (χ2v) is 4.31. The van der Waals surface area contributed by atoms with Gasteiger partial charge in [0.25, 0.3) is 0 Å². The van der Waals surface area contributed by atoms with Gasteiger partial charge in [0.15, 0.2) is 0 Å². The molecule has 1 aromatic heterocycles. The first-order valence-electron chi connectivity index (χ1n) is 5.99. The highest BCUT2D eigenvalue weighted by Gasteiger charge is 2.04. The highest BCUT2D eigenvalue weighted by molar-refractivity contribution is 5.79. The smallest absolute Gasteiger partial charge is 0.0689 e. The Balaban J connectivity index is 2.01. The summed E-state index contributed by atoms with van der Waals surface area (Å²) in [5.74, 6) is 0. The predicted octanol–water partition coefficient (Wildman–Crippen LogP) is 3.47. The van der Waals surface area contributed by atoms with E-state index in [0.717, 1.165) is 23.0 Å². The van der Waals surface area contributed by atoms with Crippen molar-refractivity contribution in [2.45, 2.75) is 6.54 Å². The van der Waals surface area contributed by atoms with Crippen molar-refractivity contribution in [3.8, 4) is 0 Å². The van der Waals surface area contributed by atoms with E-state index in [9.17, 15) is 0 Å². The number of hydrogen-bond donors (Lipinski definition) is 0. The summed E-state index contributed by atoms with van der Waals surface area (Å²) in [6.07, 6.45) is 3.77. The molecule has 0 bridgehead atoms. The molecule has 88 valence electrons. The topological polar surface area (TPSA) is 17.8 Å². The molecule has 18 heavy (non-hydrogen) atoms. The van der Waals surface area contributed by atoms with Crippen molar-refractivity contribution in [3.63, 3.8) is 0 Å².